The minimum Gasteiger partial charge on any atom is -0.463 e. The molecule has 0 spiro atoms. The molecule has 4 rings (SSSR count). The van der Waals surface area contributed by atoms with Gasteiger partial charge in [-0.15, -0.1) is 12.6 Å². The highest BCUT2D eigenvalue weighted by Gasteiger charge is 2.57. The van der Waals surface area contributed by atoms with Crippen LogP contribution in [-0.2, 0) is 39.8 Å². The van der Waals surface area contributed by atoms with Gasteiger partial charge in [0.2, 0.25) is 0 Å². The minimum absolute atomic E-state index is 0.214. The molecule has 1 N–H and O–H groups in total. The highest BCUT2D eigenvalue weighted by atomic mass is 32.1. The lowest BCUT2D eigenvalue weighted by Gasteiger charge is -2.35. The maximum Gasteiger partial charge on any atom is 0.303 e. The number of nitrogens with zero attached hydrogens (tertiary/aromatic N) is 4. The average molecular weight is 560 g/mol. The molecule has 1 aromatic carbocycles. The molecule has 0 aromatic heterocycles. The quantitative estimate of drug-likeness (QED) is 0.248. The van der Waals surface area contributed by atoms with Crippen LogP contribution in [0.15, 0.2) is 45.3 Å². The van der Waals surface area contributed by atoms with Crippen LogP contribution in [0, 0.1) is 0 Å². The van der Waals surface area contributed by atoms with E-state index >= 15 is 0 Å². The molecule has 1 saturated heterocycles. The number of carbonyl (C=O) groups excluding carboxylic acids is 3. The maximum absolute atomic E-state index is 12.2. The second kappa shape index (κ2) is 12.3. The van der Waals surface area contributed by atoms with E-state index in [0.29, 0.717) is 24.5 Å². The molecule has 1 aromatic rings. The number of nitrogens with one attached hydrogen (secondary N) is 1. The van der Waals surface area contributed by atoms with E-state index in [4.69, 9.17) is 36.6 Å². The number of hydrogen-bond acceptors (Lipinski definition) is 13. The Kier molecular flexibility index (Phi) is 9.03. The number of carbonyl (C=O) groups is 3. The van der Waals surface area contributed by atoms with Gasteiger partial charge in [0, 0.05) is 27.2 Å². The highest BCUT2D eigenvalue weighted by Crippen LogP contribution is 2.37. The van der Waals surface area contributed by atoms with Crippen molar-refractivity contribution < 1.29 is 33.3 Å². The molecule has 210 valence electrons. The summed E-state index contributed by atoms with van der Waals surface area (Å²) < 4.78 is 22.7. The smallest absolute Gasteiger partial charge is 0.303 e. The van der Waals surface area contributed by atoms with Crippen molar-refractivity contribution in [3.63, 3.8) is 0 Å². The second-order valence-corrected chi connectivity index (χ2v) is 10.1. The predicted molar refractivity (Wildman–Crippen MR) is 146 cm³/mol. The molecule has 2 unspecified atom stereocenters. The van der Waals surface area contributed by atoms with Gasteiger partial charge in [-0.3, -0.25) is 24.6 Å². The molecule has 0 aliphatic carbocycles. The van der Waals surface area contributed by atoms with Crippen LogP contribution in [0.25, 0.3) is 0 Å². The molecule has 3 heterocycles. The zero-order valence-electron chi connectivity index (χ0n) is 22.3. The first-order valence-electron chi connectivity index (χ1n) is 12.7. The first-order chi connectivity index (χ1) is 18.6. The summed E-state index contributed by atoms with van der Waals surface area (Å²) in [5.41, 5.74) is 1.53. The number of benzene rings is 1. The zero-order chi connectivity index (χ0) is 28.2. The molecule has 0 radical (unpaired) electrons. The molecular formula is C26H33N5O7S. The topological polar surface area (TPSA) is 140 Å². The Hall–Kier alpha value is -3.29. The molecule has 12 nitrogen and oxygen atoms in total. The summed E-state index contributed by atoms with van der Waals surface area (Å²) in [4.78, 5) is 50.5. The Labute approximate surface area is 232 Å². The zero-order valence-corrected chi connectivity index (χ0v) is 23.2. The van der Waals surface area contributed by atoms with Gasteiger partial charge in [-0.25, -0.2) is 15.0 Å². The fraction of sp³-hybridized carbons (Fsp3) is 0.538. The van der Waals surface area contributed by atoms with Crippen LogP contribution in [0.1, 0.15) is 39.7 Å². The van der Waals surface area contributed by atoms with Crippen LogP contribution in [0.5, 0.6) is 0 Å². The van der Waals surface area contributed by atoms with Crippen LogP contribution in [0.4, 0.5) is 0 Å². The molecule has 13 heteroatoms. The molecule has 6 atom stereocenters. The number of rotatable bonds is 10. The van der Waals surface area contributed by atoms with Crippen LogP contribution in [0.2, 0.25) is 0 Å². The van der Waals surface area contributed by atoms with Gasteiger partial charge < -0.3 is 18.9 Å². The van der Waals surface area contributed by atoms with Gasteiger partial charge in [0.25, 0.3) is 0 Å². The summed E-state index contributed by atoms with van der Waals surface area (Å²) in [5, 5.41) is 3.37. The van der Waals surface area contributed by atoms with Crippen molar-refractivity contribution in [2.45, 2.75) is 76.2 Å². The summed E-state index contributed by atoms with van der Waals surface area (Å²) in [6.07, 6.45) is -2.00. The van der Waals surface area contributed by atoms with Crippen molar-refractivity contribution in [1.29, 1.82) is 0 Å². The molecule has 0 saturated carbocycles. The summed E-state index contributed by atoms with van der Waals surface area (Å²) in [5.74, 6) is -1.30. The summed E-state index contributed by atoms with van der Waals surface area (Å²) >= 11 is 4.95. The average Bonchev–Trinajstić information content (AvgIpc) is 3.40. The van der Waals surface area contributed by atoms with Gasteiger partial charge >= 0.3 is 17.9 Å². The van der Waals surface area contributed by atoms with Crippen molar-refractivity contribution in [3.05, 3.63) is 35.9 Å². The first kappa shape index (κ1) is 28.7. The van der Waals surface area contributed by atoms with Crippen LogP contribution >= 0.6 is 12.6 Å². The third kappa shape index (κ3) is 6.48. The number of thiol groups is 1. The summed E-state index contributed by atoms with van der Waals surface area (Å²) in [6, 6.07) is 9.79. The van der Waals surface area contributed by atoms with E-state index < -0.39 is 53.6 Å². The van der Waals surface area contributed by atoms with Crippen LogP contribution < -0.4 is 5.32 Å². The monoisotopic (exact) mass is 559 g/mol. The van der Waals surface area contributed by atoms with Crippen molar-refractivity contribution in [1.82, 2.24) is 10.2 Å². The Morgan fingerprint density at radius 3 is 2.41 bits per heavy atom. The van der Waals surface area contributed by atoms with Crippen molar-refractivity contribution in [2.24, 2.45) is 15.0 Å². The predicted octanol–water partition coefficient (Wildman–Crippen LogP) is 1.49. The van der Waals surface area contributed by atoms with Crippen molar-refractivity contribution in [2.75, 3.05) is 13.2 Å². The van der Waals surface area contributed by atoms with E-state index in [2.05, 4.69) is 15.3 Å². The third-order valence-corrected chi connectivity index (χ3v) is 6.77. The van der Waals surface area contributed by atoms with Gasteiger partial charge in [-0.05, 0) is 18.5 Å². The number of amidine groups is 1. The van der Waals surface area contributed by atoms with Crippen LogP contribution in [-0.4, -0.2) is 89.5 Å². The lowest BCUT2D eigenvalue weighted by Crippen LogP contribution is -2.57. The second-order valence-electron chi connectivity index (χ2n) is 9.40. The van der Waals surface area contributed by atoms with Crippen molar-refractivity contribution >= 4 is 48.4 Å². The summed E-state index contributed by atoms with van der Waals surface area (Å²) in [6.45, 7) is 6.17. The van der Waals surface area contributed by atoms with Gasteiger partial charge in [0.05, 0.1) is 0 Å². The number of ether oxygens (including phenoxy) is 4. The van der Waals surface area contributed by atoms with E-state index in [1.807, 2.05) is 37.3 Å². The van der Waals surface area contributed by atoms with Crippen LogP contribution in [0.3, 0.4) is 0 Å². The maximum atomic E-state index is 12.2. The third-order valence-electron chi connectivity index (χ3n) is 6.29. The molecule has 39 heavy (non-hydrogen) atoms. The largest absolute Gasteiger partial charge is 0.463 e. The molecule has 3 aliphatic rings. The lowest BCUT2D eigenvalue weighted by atomic mass is 10.00. The Balaban J connectivity index is 1.72. The Morgan fingerprint density at radius 2 is 1.77 bits per heavy atom. The number of aliphatic imine (C=N–C) groups is 3. The van der Waals surface area contributed by atoms with E-state index in [1.54, 1.807) is 4.90 Å². The fourth-order valence-electron chi connectivity index (χ4n) is 4.73. The number of esters is 3. The van der Waals surface area contributed by atoms with Gasteiger partial charge in [-0.1, -0.05) is 37.3 Å². The summed E-state index contributed by atoms with van der Waals surface area (Å²) in [7, 11) is 0. The minimum atomic E-state index is -1.07. The van der Waals surface area contributed by atoms with Crippen molar-refractivity contribution in [3.8, 4) is 0 Å². The molecule has 0 amide bonds. The van der Waals surface area contributed by atoms with E-state index in [-0.39, 0.29) is 6.61 Å². The number of fused-ring (bicyclic) bond motifs is 1. The van der Waals surface area contributed by atoms with E-state index in [0.717, 1.165) is 12.0 Å². The van der Waals surface area contributed by atoms with E-state index in [9.17, 15) is 14.4 Å². The number of hydrogen-bond donors (Lipinski definition) is 2. The van der Waals surface area contributed by atoms with Gasteiger partial charge in [0.15, 0.2) is 35.4 Å². The van der Waals surface area contributed by atoms with Gasteiger partial charge in [0.1, 0.15) is 24.8 Å². The first-order valence-corrected chi connectivity index (χ1v) is 13.2. The molecular weight excluding hydrogens is 526 g/mol. The normalized spacial score (nSPS) is 29.4. The molecule has 0 bridgehead atoms. The Morgan fingerprint density at radius 1 is 1.08 bits per heavy atom. The van der Waals surface area contributed by atoms with E-state index in [1.165, 1.54) is 27.1 Å². The fourth-order valence-corrected chi connectivity index (χ4v) is 5.13. The standard InChI is InChI=1S/C26H33N5O7S/c1-5-11-27-25-30-22-23(28-14-29-26(22,39)12-18-9-7-6-8-10-18)31(25)24-21(37-17(4)34)20(36-16(3)33)19(38-24)13-35-15(2)32/h6-10,14,19-21,24-25,27,39H,5,11-13H2,1-4H3/t19-,20-,21-,24-,25?,26?/m1/s1. The Bertz CT molecular complexity index is 1180. The SMILES string of the molecule is CCCNC1N=C2C(=NC=NC2(S)Cc2ccccc2)N1[C@@H]1O[C@H](COC(C)=O)[C@@H](OC(C)=O)[C@H]1OC(C)=O. The molecule has 1 fully saturated rings. The van der Waals surface area contributed by atoms with Gasteiger partial charge in [-0.2, -0.15) is 0 Å². The highest BCUT2D eigenvalue weighted by molar-refractivity contribution is 7.83. The lowest BCUT2D eigenvalue weighted by molar-refractivity contribution is -0.167. The molecule has 3 aliphatic heterocycles.